The summed E-state index contributed by atoms with van der Waals surface area (Å²) >= 11 is 1.51. The highest BCUT2D eigenvalue weighted by Crippen LogP contribution is 2.24. The molecule has 0 saturated heterocycles. The van der Waals surface area contributed by atoms with Crippen LogP contribution in [0.5, 0.6) is 0 Å². The highest BCUT2D eigenvalue weighted by Gasteiger charge is 2.15. The second kappa shape index (κ2) is 7.57. The Kier molecular flexibility index (Phi) is 5.24. The van der Waals surface area contributed by atoms with Crippen LogP contribution in [0, 0.1) is 0 Å². The zero-order valence-corrected chi connectivity index (χ0v) is 15.5. The quantitative estimate of drug-likeness (QED) is 0.678. The molecule has 3 aromatic rings. The van der Waals surface area contributed by atoms with Gasteiger partial charge in [0.2, 0.25) is 5.91 Å². The van der Waals surface area contributed by atoms with Crippen molar-refractivity contribution < 1.29 is 4.79 Å². The molecule has 1 amide bonds. The third-order valence-corrected chi connectivity index (χ3v) is 4.98. The molecule has 0 saturated carbocycles. The lowest BCUT2D eigenvalue weighted by atomic mass is 10.0. The maximum absolute atomic E-state index is 12.6. The number of thiazole rings is 1. The maximum Gasteiger partial charge on any atom is 0.232 e. The van der Waals surface area contributed by atoms with Crippen molar-refractivity contribution in [2.45, 2.75) is 26.2 Å². The van der Waals surface area contributed by atoms with Crippen LogP contribution < -0.4 is 4.90 Å². The third-order valence-electron chi connectivity index (χ3n) is 4.07. The minimum atomic E-state index is 0.0266. The molecule has 0 N–H and O–H groups in total. The monoisotopic (exact) mass is 351 g/mol. The van der Waals surface area contributed by atoms with Crippen LogP contribution in [0.4, 0.5) is 5.69 Å². The molecule has 0 unspecified atom stereocenters. The van der Waals surface area contributed by atoms with Gasteiger partial charge in [-0.2, -0.15) is 0 Å². The summed E-state index contributed by atoms with van der Waals surface area (Å²) in [5.41, 5.74) is 3.76. The molecule has 2 heterocycles. The lowest BCUT2D eigenvalue weighted by molar-refractivity contribution is -0.117. The molecule has 0 aliphatic rings. The first-order valence-electron chi connectivity index (χ1n) is 8.27. The Morgan fingerprint density at radius 1 is 1.20 bits per heavy atom. The Morgan fingerprint density at radius 3 is 2.76 bits per heavy atom. The first kappa shape index (κ1) is 17.3. The number of aromatic nitrogens is 2. The lowest BCUT2D eigenvalue weighted by Gasteiger charge is -2.18. The van der Waals surface area contributed by atoms with Gasteiger partial charge in [0, 0.05) is 24.3 Å². The predicted molar refractivity (Wildman–Crippen MR) is 103 cm³/mol. The van der Waals surface area contributed by atoms with E-state index in [1.54, 1.807) is 11.1 Å². The Balaban J connectivity index is 1.72. The number of amides is 1. The van der Waals surface area contributed by atoms with Crippen LogP contribution in [-0.2, 0) is 11.2 Å². The predicted octanol–water partition coefficient (Wildman–Crippen LogP) is 4.53. The fourth-order valence-corrected chi connectivity index (χ4v) is 3.30. The summed E-state index contributed by atoms with van der Waals surface area (Å²) in [5.74, 6) is 0.460. The Morgan fingerprint density at radius 2 is 2.04 bits per heavy atom. The van der Waals surface area contributed by atoms with E-state index in [4.69, 9.17) is 0 Å². The second-order valence-corrected chi connectivity index (χ2v) is 7.10. The molecule has 3 rings (SSSR count). The summed E-state index contributed by atoms with van der Waals surface area (Å²) in [5, 5.41) is 2.77. The molecular weight excluding hydrogens is 330 g/mol. The van der Waals surface area contributed by atoms with Crippen LogP contribution in [0.3, 0.4) is 0 Å². The van der Waals surface area contributed by atoms with Crippen LogP contribution in [0.1, 0.15) is 31.0 Å². The molecule has 0 aliphatic heterocycles. The van der Waals surface area contributed by atoms with Gasteiger partial charge in [-0.15, -0.1) is 11.3 Å². The van der Waals surface area contributed by atoms with Crippen molar-refractivity contribution in [1.82, 2.24) is 9.97 Å². The van der Waals surface area contributed by atoms with Crippen LogP contribution in [0.25, 0.3) is 10.7 Å². The summed E-state index contributed by atoms with van der Waals surface area (Å²) in [6, 6.07) is 13.9. The molecule has 0 bridgehead atoms. The minimum absolute atomic E-state index is 0.0266. The molecule has 25 heavy (non-hydrogen) atoms. The number of hydrogen-bond donors (Lipinski definition) is 0. The van der Waals surface area contributed by atoms with Crippen LogP contribution in [0.15, 0.2) is 54.0 Å². The second-order valence-electron chi connectivity index (χ2n) is 6.24. The van der Waals surface area contributed by atoms with E-state index < -0.39 is 0 Å². The first-order chi connectivity index (χ1) is 12.0. The fraction of sp³-hybridized carbons (Fsp3) is 0.250. The lowest BCUT2D eigenvalue weighted by Crippen LogP contribution is -2.28. The number of benzene rings is 1. The molecule has 0 aliphatic carbocycles. The van der Waals surface area contributed by atoms with Crippen molar-refractivity contribution in [2.24, 2.45) is 0 Å². The van der Waals surface area contributed by atoms with E-state index in [-0.39, 0.29) is 12.3 Å². The van der Waals surface area contributed by atoms with Crippen molar-refractivity contribution in [3.8, 4) is 10.7 Å². The number of carbonyl (C=O) groups is 1. The maximum atomic E-state index is 12.6. The standard InChI is InChI=1S/C20H21N3OS/c1-14(2)15-7-6-8-17(11-15)23(3)19(24)12-16-13-25-20(22-16)18-9-4-5-10-21-18/h4-11,13-14H,12H2,1-3H3. The molecular formula is C20H21N3OS. The number of pyridine rings is 1. The van der Waals surface area contributed by atoms with Crippen molar-refractivity contribution >= 4 is 22.9 Å². The first-order valence-corrected chi connectivity index (χ1v) is 9.15. The van der Waals surface area contributed by atoms with Gasteiger partial charge in [-0.1, -0.05) is 32.0 Å². The normalized spacial score (nSPS) is 10.9. The number of rotatable bonds is 5. The molecule has 128 valence electrons. The average molecular weight is 351 g/mol. The van der Waals surface area contributed by atoms with E-state index in [1.165, 1.54) is 16.9 Å². The molecule has 0 radical (unpaired) electrons. The number of anilines is 1. The SMILES string of the molecule is CC(C)c1cccc(N(C)C(=O)Cc2csc(-c3ccccn3)n2)c1. The van der Waals surface area contributed by atoms with Gasteiger partial charge in [0.1, 0.15) is 5.01 Å². The molecule has 0 atom stereocenters. The molecule has 1 aromatic carbocycles. The average Bonchev–Trinajstić information content (AvgIpc) is 3.10. The van der Waals surface area contributed by atoms with Crippen molar-refractivity contribution in [2.75, 3.05) is 11.9 Å². The smallest absolute Gasteiger partial charge is 0.232 e. The van der Waals surface area contributed by atoms with E-state index in [0.717, 1.165) is 22.1 Å². The highest BCUT2D eigenvalue weighted by atomic mass is 32.1. The van der Waals surface area contributed by atoms with Crippen LogP contribution in [0.2, 0.25) is 0 Å². The zero-order chi connectivity index (χ0) is 17.8. The van der Waals surface area contributed by atoms with Gasteiger partial charge >= 0.3 is 0 Å². The topological polar surface area (TPSA) is 46.1 Å². The van der Waals surface area contributed by atoms with Crippen molar-refractivity contribution in [3.63, 3.8) is 0 Å². The minimum Gasteiger partial charge on any atom is -0.315 e. The third kappa shape index (κ3) is 4.12. The molecule has 2 aromatic heterocycles. The molecule has 5 heteroatoms. The van der Waals surface area contributed by atoms with E-state index in [1.807, 2.05) is 42.8 Å². The van der Waals surface area contributed by atoms with Gasteiger partial charge in [0.05, 0.1) is 17.8 Å². The number of carbonyl (C=O) groups excluding carboxylic acids is 1. The Labute approximate surface area is 152 Å². The molecule has 4 nitrogen and oxygen atoms in total. The van der Waals surface area contributed by atoms with E-state index in [2.05, 4.69) is 35.9 Å². The van der Waals surface area contributed by atoms with Gasteiger partial charge < -0.3 is 4.90 Å². The van der Waals surface area contributed by atoms with Gasteiger partial charge in [-0.25, -0.2) is 4.98 Å². The number of hydrogen-bond acceptors (Lipinski definition) is 4. The van der Waals surface area contributed by atoms with E-state index >= 15 is 0 Å². The van der Waals surface area contributed by atoms with Gasteiger partial charge in [-0.05, 0) is 35.7 Å². The Hall–Kier alpha value is -2.53. The summed E-state index contributed by atoms with van der Waals surface area (Å²) < 4.78 is 0. The molecule has 0 spiro atoms. The van der Waals surface area contributed by atoms with Gasteiger partial charge in [0.15, 0.2) is 0 Å². The van der Waals surface area contributed by atoms with Gasteiger partial charge in [-0.3, -0.25) is 9.78 Å². The summed E-state index contributed by atoms with van der Waals surface area (Å²) in [6.07, 6.45) is 2.03. The van der Waals surface area contributed by atoms with Crippen LogP contribution >= 0.6 is 11.3 Å². The Bertz CT molecular complexity index is 858. The van der Waals surface area contributed by atoms with Gasteiger partial charge in [0.25, 0.3) is 0 Å². The van der Waals surface area contributed by atoms with Crippen molar-refractivity contribution in [3.05, 3.63) is 65.3 Å². The molecule has 0 fully saturated rings. The van der Waals surface area contributed by atoms with E-state index in [0.29, 0.717) is 5.92 Å². The summed E-state index contributed by atoms with van der Waals surface area (Å²) in [7, 11) is 1.81. The fourth-order valence-electron chi connectivity index (χ4n) is 2.51. The summed E-state index contributed by atoms with van der Waals surface area (Å²) in [4.78, 5) is 23.2. The zero-order valence-electron chi connectivity index (χ0n) is 14.6. The number of likely N-dealkylation sites (N-methyl/N-ethyl adjacent to an activating group) is 1. The van der Waals surface area contributed by atoms with Crippen molar-refractivity contribution in [1.29, 1.82) is 0 Å². The van der Waals surface area contributed by atoms with Crippen LogP contribution in [-0.4, -0.2) is 22.9 Å². The number of nitrogens with zero attached hydrogens (tertiary/aromatic N) is 3. The largest absolute Gasteiger partial charge is 0.315 e. The van der Waals surface area contributed by atoms with E-state index in [9.17, 15) is 4.79 Å². The highest BCUT2D eigenvalue weighted by molar-refractivity contribution is 7.13. The summed E-state index contributed by atoms with van der Waals surface area (Å²) in [6.45, 7) is 4.30.